The predicted octanol–water partition coefficient (Wildman–Crippen LogP) is 7.12. The van der Waals surface area contributed by atoms with E-state index < -0.39 is 0 Å². The van der Waals surface area contributed by atoms with Crippen LogP contribution in [0, 0.1) is 5.92 Å². The van der Waals surface area contributed by atoms with Crippen molar-refractivity contribution in [2.45, 2.75) is 70.3 Å². The van der Waals surface area contributed by atoms with Gasteiger partial charge >= 0.3 is 0 Å². The number of halogens is 1. The van der Waals surface area contributed by atoms with Crippen molar-refractivity contribution in [2.75, 3.05) is 41.3 Å². The summed E-state index contributed by atoms with van der Waals surface area (Å²) in [6, 6.07) is 19.3. The van der Waals surface area contributed by atoms with Crippen LogP contribution in [0.25, 0.3) is 0 Å². The Balaban J connectivity index is 1.22. The number of aromatic nitrogens is 2. The summed E-state index contributed by atoms with van der Waals surface area (Å²) in [4.78, 5) is 14.8. The molecule has 2 aliphatic heterocycles. The first-order chi connectivity index (χ1) is 20.0. The molecule has 1 saturated heterocycles. The lowest BCUT2D eigenvalue weighted by molar-refractivity contribution is 0.292. The van der Waals surface area contributed by atoms with Gasteiger partial charge < -0.3 is 20.4 Å². The van der Waals surface area contributed by atoms with Crippen LogP contribution in [0.4, 0.5) is 17.6 Å². The summed E-state index contributed by atoms with van der Waals surface area (Å²) < 4.78 is 0. The lowest BCUT2D eigenvalue weighted by Crippen LogP contribution is -2.43. The molecule has 3 heterocycles. The third-order valence-electron chi connectivity index (χ3n) is 9.20. The molecule has 0 radical (unpaired) electrons. The zero-order chi connectivity index (χ0) is 28.2. The normalized spacial score (nSPS) is 20.3. The van der Waals surface area contributed by atoms with E-state index in [9.17, 15) is 0 Å². The average Bonchev–Trinajstić information content (AvgIpc) is 3.00. The second-order valence-electron chi connectivity index (χ2n) is 12.2. The summed E-state index contributed by atoms with van der Waals surface area (Å²) in [6.07, 6.45) is 9.45. The van der Waals surface area contributed by atoms with Crippen molar-refractivity contribution in [1.82, 2.24) is 15.3 Å². The summed E-state index contributed by atoms with van der Waals surface area (Å²) >= 11 is 12.3. The number of nitrogens with one attached hydrogen (secondary N) is 2. The summed E-state index contributed by atoms with van der Waals surface area (Å²) in [5.74, 6) is 3.15. The van der Waals surface area contributed by atoms with E-state index >= 15 is 0 Å². The second-order valence-corrected chi connectivity index (χ2v) is 13.0. The van der Waals surface area contributed by atoms with Crippen molar-refractivity contribution in [3.8, 4) is 0 Å². The van der Waals surface area contributed by atoms with Crippen LogP contribution in [0.2, 0.25) is 5.02 Å². The van der Waals surface area contributed by atoms with Crippen LogP contribution in [-0.4, -0.2) is 41.3 Å². The van der Waals surface area contributed by atoms with E-state index in [0.29, 0.717) is 17.0 Å². The van der Waals surface area contributed by atoms with Gasteiger partial charge in [0.05, 0.1) is 0 Å². The van der Waals surface area contributed by atoms with Crippen LogP contribution in [0.15, 0.2) is 54.6 Å². The van der Waals surface area contributed by atoms with Gasteiger partial charge in [-0.2, -0.15) is 9.97 Å². The van der Waals surface area contributed by atoms with Gasteiger partial charge in [0, 0.05) is 49.2 Å². The molecule has 3 aliphatic rings. The van der Waals surface area contributed by atoms with Gasteiger partial charge in [0.25, 0.3) is 0 Å². The number of thiocarbonyl (C=S) groups is 1. The number of anilines is 3. The summed E-state index contributed by atoms with van der Waals surface area (Å²) in [5, 5.41) is 8.27. The topological polar surface area (TPSA) is 56.3 Å². The fourth-order valence-corrected chi connectivity index (χ4v) is 7.25. The quantitative estimate of drug-likeness (QED) is 0.297. The molecule has 1 atom stereocenters. The van der Waals surface area contributed by atoms with Crippen LogP contribution in [-0.2, 0) is 18.4 Å². The molecule has 2 N–H and O–H groups in total. The maximum atomic E-state index is 6.41. The monoisotopic (exact) mass is 588 g/mol. The number of piperidine rings is 1. The maximum Gasteiger partial charge on any atom is 0.232 e. The first-order valence-electron chi connectivity index (χ1n) is 15.2. The fraction of sp³-hybridized carbons (Fsp3) is 0.485. The van der Waals surface area contributed by atoms with E-state index in [1.54, 1.807) is 0 Å². The number of rotatable bonds is 6. The van der Waals surface area contributed by atoms with Gasteiger partial charge in [-0.3, -0.25) is 0 Å². The Hall–Kier alpha value is -2.90. The molecular formula is C33H41ClN6S. The van der Waals surface area contributed by atoms with Gasteiger partial charge in [0.15, 0.2) is 5.11 Å². The molecule has 216 valence electrons. The van der Waals surface area contributed by atoms with Crippen molar-refractivity contribution >= 4 is 46.5 Å². The third-order valence-corrected chi connectivity index (χ3v) is 9.68. The zero-order valence-corrected chi connectivity index (χ0v) is 25.6. The Kier molecular flexibility index (Phi) is 8.63. The van der Waals surface area contributed by atoms with Crippen LogP contribution >= 0.6 is 23.8 Å². The highest BCUT2D eigenvalue weighted by atomic mass is 35.5. The molecule has 0 bridgehead atoms. The van der Waals surface area contributed by atoms with Gasteiger partial charge in [-0.25, -0.2) is 0 Å². The van der Waals surface area contributed by atoms with Crippen LogP contribution < -0.4 is 20.4 Å². The van der Waals surface area contributed by atoms with Gasteiger partial charge in [0.1, 0.15) is 11.6 Å². The Labute approximate surface area is 254 Å². The first kappa shape index (κ1) is 28.2. The van der Waals surface area contributed by atoms with Crippen molar-refractivity contribution in [2.24, 2.45) is 5.92 Å². The SMILES string of the molecule is C[C@H]1CCCN(c2cc(N3CCc4ccccc4C3)nc(NC(=S)NCC3(c4cccc(Cl)c4)CCCCC3)n2)C1. The number of benzene rings is 2. The Morgan fingerprint density at radius 2 is 1.73 bits per heavy atom. The molecule has 6 rings (SSSR count). The molecule has 0 spiro atoms. The largest absolute Gasteiger partial charge is 0.361 e. The van der Waals surface area contributed by atoms with E-state index in [1.807, 2.05) is 6.07 Å². The van der Waals surface area contributed by atoms with Gasteiger partial charge in [-0.15, -0.1) is 0 Å². The van der Waals surface area contributed by atoms with E-state index in [1.165, 1.54) is 48.8 Å². The Morgan fingerprint density at radius 3 is 2.51 bits per heavy atom. The van der Waals surface area contributed by atoms with Crippen LogP contribution in [0.5, 0.6) is 0 Å². The van der Waals surface area contributed by atoms with E-state index in [0.717, 1.165) is 68.6 Å². The van der Waals surface area contributed by atoms with Gasteiger partial charge in [-0.1, -0.05) is 74.2 Å². The molecule has 1 aromatic heterocycles. The number of hydrogen-bond donors (Lipinski definition) is 2. The minimum atomic E-state index is 0.0217. The standard InChI is InChI=1S/C33H41ClN6S/c1-24-9-8-17-39(21-24)29-20-30(40-18-14-25-10-3-4-11-26(25)22-40)37-31(36-29)38-32(41)35-23-33(15-5-2-6-16-33)27-12-7-13-28(34)19-27/h3-4,7,10-13,19-20,24H,2,5-6,8-9,14-18,21-23H2,1H3,(H2,35,36,37,38,41)/t24-/m0/s1. The Bertz CT molecular complexity index is 1370. The molecule has 41 heavy (non-hydrogen) atoms. The minimum absolute atomic E-state index is 0.0217. The number of hydrogen-bond acceptors (Lipinski definition) is 5. The minimum Gasteiger partial charge on any atom is -0.361 e. The van der Waals surface area contributed by atoms with E-state index in [2.05, 4.69) is 75.9 Å². The molecule has 0 unspecified atom stereocenters. The lowest BCUT2D eigenvalue weighted by atomic mass is 9.69. The molecule has 1 saturated carbocycles. The highest BCUT2D eigenvalue weighted by Gasteiger charge is 2.34. The summed E-state index contributed by atoms with van der Waals surface area (Å²) in [6.45, 7) is 6.92. The highest BCUT2D eigenvalue weighted by Crippen LogP contribution is 2.40. The van der Waals surface area contributed by atoms with Crippen LogP contribution in [0.3, 0.4) is 0 Å². The first-order valence-corrected chi connectivity index (χ1v) is 16.0. The summed E-state index contributed by atoms with van der Waals surface area (Å²) in [7, 11) is 0. The van der Waals surface area contributed by atoms with Crippen LogP contribution in [0.1, 0.15) is 68.6 Å². The molecule has 0 amide bonds. The van der Waals surface area contributed by atoms with E-state index in [-0.39, 0.29) is 5.41 Å². The molecular weight excluding hydrogens is 548 g/mol. The molecule has 1 aliphatic carbocycles. The lowest BCUT2D eigenvalue weighted by Gasteiger charge is -2.38. The molecule has 8 heteroatoms. The molecule has 6 nitrogen and oxygen atoms in total. The predicted molar refractivity (Wildman–Crippen MR) is 174 cm³/mol. The third kappa shape index (κ3) is 6.62. The Morgan fingerprint density at radius 1 is 0.951 bits per heavy atom. The summed E-state index contributed by atoms with van der Waals surface area (Å²) in [5.41, 5.74) is 4.12. The number of fused-ring (bicyclic) bond motifs is 1. The van der Waals surface area contributed by atoms with Gasteiger partial charge in [0.2, 0.25) is 5.95 Å². The second kappa shape index (κ2) is 12.5. The van der Waals surface area contributed by atoms with Crippen molar-refractivity contribution in [3.63, 3.8) is 0 Å². The average molecular weight is 589 g/mol. The van der Waals surface area contributed by atoms with E-state index in [4.69, 9.17) is 33.8 Å². The molecule has 2 aromatic carbocycles. The maximum absolute atomic E-state index is 6.41. The van der Waals surface area contributed by atoms with Gasteiger partial charge in [-0.05, 0) is 79.1 Å². The van der Waals surface area contributed by atoms with Crippen molar-refractivity contribution in [1.29, 1.82) is 0 Å². The fourth-order valence-electron chi connectivity index (χ4n) is 6.90. The molecule has 3 aromatic rings. The zero-order valence-electron chi connectivity index (χ0n) is 24.0. The highest BCUT2D eigenvalue weighted by molar-refractivity contribution is 7.80. The van der Waals surface area contributed by atoms with Crippen molar-refractivity contribution in [3.05, 3.63) is 76.3 Å². The smallest absolute Gasteiger partial charge is 0.232 e. The van der Waals surface area contributed by atoms with Crippen molar-refractivity contribution < 1.29 is 0 Å². The number of nitrogens with zero attached hydrogens (tertiary/aromatic N) is 4. The molecule has 2 fully saturated rings.